The second-order valence-corrected chi connectivity index (χ2v) is 4.34. The minimum absolute atomic E-state index is 0.186. The zero-order valence-electron chi connectivity index (χ0n) is 7.73. The maximum absolute atomic E-state index is 11.5. The fourth-order valence-electron chi connectivity index (χ4n) is 1.81. The van der Waals surface area contributed by atoms with Crippen molar-refractivity contribution in [1.29, 1.82) is 0 Å². The van der Waals surface area contributed by atoms with Crippen LogP contribution < -0.4 is 5.63 Å². The number of ether oxygens (including phenoxy) is 1. The molecule has 2 aromatic heterocycles. The maximum atomic E-state index is 11.5. The van der Waals surface area contributed by atoms with E-state index in [4.69, 9.17) is 9.15 Å². The van der Waals surface area contributed by atoms with Gasteiger partial charge in [-0.15, -0.1) is 11.3 Å². The lowest BCUT2D eigenvalue weighted by atomic mass is 10.1. The summed E-state index contributed by atoms with van der Waals surface area (Å²) in [6.07, 6.45) is -0.828. The number of fused-ring (bicyclic) bond motifs is 3. The molecular weight excluding hydrogens is 216 g/mol. The van der Waals surface area contributed by atoms with Gasteiger partial charge in [-0.3, -0.25) is 0 Å². The van der Waals surface area contributed by atoms with Gasteiger partial charge in [0.2, 0.25) is 0 Å². The summed E-state index contributed by atoms with van der Waals surface area (Å²) >= 11 is 1.34. The highest BCUT2D eigenvalue weighted by Crippen LogP contribution is 2.31. The zero-order valence-corrected chi connectivity index (χ0v) is 8.54. The monoisotopic (exact) mass is 224 g/mol. The molecule has 0 bridgehead atoms. The van der Waals surface area contributed by atoms with Crippen LogP contribution in [-0.2, 0) is 11.3 Å². The Morgan fingerprint density at radius 3 is 3.27 bits per heavy atom. The van der Waals surface area contributed by atoms with E-state index < -0.39 is 6.10 Å². The van der Waals surface area contributed by atoms with Crippen molar-refractivity contribution >= 4 is 21.4 Å². The second-order valence-electron chi connectivity index (χ2n) is 3.43. The maximum Gasteiger partial charge on any atom is 0.354 e. The minimum Gasteiger partial charge on any atom is -0.424 e. The van der Waals surface area contributed by atoms with Gasteiger partial charge in [0.15, 0.2) is 0 Å². The predicted octanol–water partition coefficient (Wildman–Crippen LogP) is 1.42. The topological polar surface area (TPSA) is 59.7 Å². The molecular formula is C10H8O4S. The van der Waals surface area contributed by atoms with E-state index in [1.54, 1.807) is 0 Å². The first-order valence-corrected chi connectivity index (χ1v) is 5.44. The summed E-state index contributed by atoms with van der Waals surface area (Å²) in [4.78, 5) is 11.5. The van der Waals surface area contributed by atoms with Crippen molar-refractivity contribution in [3.63, 3.8) is 0 Å². The Balaban J connectivity index is 2.42. The average molecular weight is 224 g/mol. The van der Waals surface area contributed by atoms with Crippen LogP contribution in [0.3, 0.4) is 0 Å². The summed E-state index contributed by atoms with van der Waals surface area (Å²) < 4.78 is 10.9. The summed E-state index contributed by atoms with van der Waals surface area (Å²) in [7, 11) is 0. The van der Waals surface area contributed by atoms with Crippen molar-refractivity contribution < 1.29 is 14.3 Å². The molecule has 78 valence electrons. The Kier molecular flexibility index (Phi) is 1.92. The highest BCUT2D eigenvalue weighted by Gasteiger charge is 2.25. The van der Waals surface area contributed by atoms with Crippen LogP contribution in [0.4, 0.5) is 0 Å². The quantitative estimate of drug-likeness (QED) is 0.735. The Bertz CT molecular complexity index is 568. The molecule has 1 unspecified atom stereocenters. The highest BCUT2D eigenvalue weighted by atomic mass is 32.1. The van der Waals surface area contributed by atoms with Gasteiger partial charge in [-0.2, -0.15) is 0 Å². The van der Waals surface area contributed by atoms with Gasteiger partial charge < -0.3 is 14.3 Å². The fraction of sp³-hybridized carbons (Fsp3) is 0.300. The number of hydrogen-bond donors (Lipinski definition) is 1. The van der Waals surface area contributed by atoms with Crippen molar-refractivity contribution in [2.75, 3.05) is 6.61 Å². The number of thiophene rings is 1. The van der Waals surface area contributed by atoms with Crippen LogP contribution in [0.5, 0.6) is 0 Å². The smallest absolute Gasteiger partial charge is 0.354 e. The zero-order chi connectivity index (χ0) is 10.4. The molecule has 1 aliphatic heterocycles. The summed E-state index contributed by atoms with van der Waals surface area (Å²) in [5, 5.41) is 12.3. The molecule has 1 N–H and O–H groups in total. The van der Waals surface area contributed by atoms with Gasteiger partial charge >= 0.3 is 5.63 Å². The Labute approximate surface area is 88.7 Å². The third-order valence-corrected chi connectivity index (χ3v) is 3.40. The van der Waals surface area contributed by atoms with Crippen LogP contribution >= 0.6 is 11.3 Å². The molecule has 0 saturated heterocycles. The molecule has 4 nitrogen and oxygen atoms in total. The fourth-order valence-corrected chi connectivity index (χ4v) is 2.61. The van der Waals surface area contributed by atoms with E-state index in [0.29, 0.717) is 17.1 Å². The standard InChI is InChI=1S/C10H8O4S/c11-7-4-13-3-6-5-1-2-15-9(5)10(12)14-8(6)7/h1-2,7,11H,3-4H2. The normalized spacial score (nSPS) is 20.5. The Morgan fingerprint density at radius 1 is 1.53 bits per heavy atom. The molecule has 0 aliphatic carbocycles. The first kappa shape index (κ1) is 9.08. The van der Waals surface area contributed by atoms with Crippen molar-refractivity contribution in [1.82, 2.24) is 0 Å². The van der Waals surface area contributed by atoms with Gasteiger partial charge in [-0.1, -0.05) is 0 Å². The van der Waals surface area contributed by atoms with Gasteiger partial charge in [0, 0.05) is 10.9 Å². The number of aliphatic hydroxyl groups is 1. The molecule has 15 heavy (non-hydrogen) atoms. The van der Waals surface area contributed by atoms with E-state index in [1.165, 1.54) is 11.3 Å². The Hall–Kier alpha value is -1.17. The van der Waals surface area contributed by atoms with Crippen molar-refractivity contribution in [2.45, 2.75) is 12.7 Å². The lowest BCUT2D eigenvalue weighted by molar-refractivity contribution is -0.00513. The van der Waals surface area contributed by atoms with E-state index in [1.807, 2.05) is 11.4 Å². The van der Waals surface area contributed by atoms with Crippen molar-refractivity contribution in [2.24, 2.45) is 0 Å². The first-order valence-electron chi connectivity index (χ1n) is 4.56. The molecule has 0 fully saturated rings. The van der Waals surface area contributed by atoms with Crippen LogP contribution in [0.2, 0.25) is 0 Å². The number of rotatable bonds is 0. The van der Waals surface area contributed by atoms with Gasteiger partial charge in [0.05, 0.1) is 13.2 Å². The van der Waals surface area contributed by atoms with Crippen molar-refractivity contribution in [3.8, 4) is 0 Å². The van der Waals surface area contributed by atoms with Crippen LogP contribution in [0.15, 0.2) is 20.7 Å². The summed E-state index contributed by atoms with van der Waals surface area (Å²) in [6, 6.07) is 1.86. The van der Waals surface area contributed by atoms with Gasteiger partial charge in [0.25, 0.3) is 0 Å². The van der Waals surface area contributed by atoms with Gasteiger partial charge in [-0.05, 0) is 11.4 Å². The molecule has 5 heteroatoms. The van der Waals surface area contributed by atoms with Crippen LogP contribution in [-0.4, -0.2) is 11.7 Å². The van der Waals surface area contributed by atoms with E-state index in [-0.39, 0.29) is 12.2 Å². The lowest BCUT2D eigenvalue weighted by Crippen LogP contribution is -2.19. The summed E-state index contributed by atoms with van der Waals surface area (Å²) in [6.45, 7) is 0.578. The molecule has 1 aliphatic rings. The molecule has 0 amide bonds. The SMILES string of the molecule is O=c1oc2c(c3ccsc13)COCC2O. The first-order chi connectivity index (χ1) is 7.27. The second kappa shape index (κ2) is 3.16. The molecule has 0 aromatic carbocycles. The van der Waals surface area contributed by atoms with E-state index in [0.717, 1.165) is 10.9 Å². The Morgan fingerprint density at radius 2 is 2.40 bits per heavy atom. The van der Waals surface area contributed by atoms with Gasteiger partial charge in [-0.25, -0.2) is 4.79 Å². The molecule has 1 atom stereocenters. The molecule has 0 radical (unpaired) electrons. The van der Waals surface area contributed by atoms with Crippen LogP contribution in [0.25, 0.3) is 10.1 Å². The van der Waals surface area contributed by atoms with E-state index in [2.05, 4.69) is 0 Å². The van der Waals surface area contributed by atoms with Crippen LogP contribution in [0.1, 0.15) is 17.4 Å². The summed E-state index contributed by atoms with van der Waals surface area (Å²) in [5.41, 5.74) is 0.421. The van der Waals surface area contributed by atoms with E-state index in [9.17, 15) is 9.90 Å². The molecule has 2 aromatic rings. The number of aliphatic hydroxyl groups excluding tert-OH is 1. The minimum atomic E-state index is -0.828. The van der Waals surface area contributed by atoms with Crippen molar-refractivity contribution in [3.05, 3.63) is 33.2 Å². The third-order valence-electron chi connectivity index (χ3n) is 2.50. The van der Waals surface area contributed by atoms with E-state index >= 15 is 0 Å². The largest absolute Gasteiger partial charge is 0.424 e. The third kappa shape index (κ3) is 1.24. The number of hydrogen-bond acceptors (Lipinski definition) is 5. The average Bonchev–Trinajstić information content (AvgIpc) is 2.69. The van der Waals surface area contributed by atoms with Crippen LogP contribution in [0, 0.1) is 0 Å². The highest BCUT2D eigenvalue weighted by molar-refractivity contribution is 7.17. The molecule has 3 rings (SSSR count). The molecule has 3 heterocycles. The molecule has 0 spiro atoms. The predicted molar refractivity (Wildman–Crippen MR) is 55.0 cm³/mol. The lowest BCUT2D eigenvalue weighted by Gasteiger charge is -2.19. The van der Waals surface area contributed by atoms with Gasteiger partial charge in [0.1, 0.15) is 16.6 Å². The molecule has 0 saturated carbocycles. The summed E-state index contributed by atoms with van der Waals surface area (Å²) in [5.74, 6) is 0.358.